The molecule has 18 heavy (non-hydrogen) atoms. The van der Waals surface area contributed by atoms with Gasteiger partial charge in [-0.1, -0.05) is 43.7 Å². The second-order valence-electron chi connectivity index (χ2n) is 4.21. The van der Waals surface area contributed by atoms with Crippen molar-refractivity contribution in [3.63, 3.8) is 0 Å². The lowest BCUT2D eigenvalue weighted by atomic mass is 10.2. The summed E-state index contributed by atoms with van der Waals surface area (Å²) in [5.74, 6) is 1.72. The fourth-order valence-corrected chi connectivity index (χ4v) is 1.87. The summed E-state index contributed by atoms with van der Waals surface area (Å²) in [5.41, 5.74) is 2.16. The zero-order valence-corrected chi connectivity index (χ0v) is 11.0. The Morgan fingerprint density at radius 2 is 1.83 bits per heavy atom. The van der Waals surface area contributed by atoms with E-state index < -0.39 is 0 Å². The number of hydrogen-bond acceptors (Lipinski definition) is 3. The fourth-order valence-electron chi connectivity index (χ4n) is 1.87. The van der Waals surface area contributed by atoms with E-state index in [1.165, 1.54) is 0 Å². The molecule has 0 atom stereocenters. The van der Waals surface area contributed by atoms with E-state index in [1.54, 1.807) is 0 Å². The van der Waals surface area contributed by atoms with Crippen LogP contribution < -0.4 is 5.32 Å². The van der Waals surface area contributed by atoms with Crippen molar-refractivity contribution in [2.75, 3.05) is 11.9 Å². The zero-order valence-electron chi connectivity index (χ0n) is 11.0. The van der Waals surface area contributed by atoms with Gasteiger partial charge in [0, 0.05) is 23.9 Å². The standard InChI is InChI=1S/C15H19N3/c1-3-8-13-11-14(16-4-2)18-15(17-13)12-9-6-5-7-10-12/h5-7,9-11H,3-4,8H2,1-2H3,(H,16,17,18). The monoisotopic (exact) mass is 241 g/mol. The highest BCUT2D eigenvalue weighted by atomic mass is 15.0. The van der Waals surface area contributed by atoms with E-state index in [4.69, 9.17) is 0 Å². The highest BCUT2D eigenvalue weighted by molar-refractivity contribution is 5.57. The van der Waals surface area contributed by atoms with E-state index >= 15 is 0 Å². The van der Waals surface area contributed by atoms with Crippen LogP contribution in [0.25, 0.3) is 11.4 Å². The molecular weight excluding hydrogens is 222 g/mol. The van der Waals surface area contributed by atoms with E-state index in [0.29, 0.717) is 0 Å². The summed E-state index contributed by atoms with van der Waals surface area (Å²) >= 11 is 0. The Morgan fingerprint density at radius 1 is 1.06 bits per heavy atom. The predicted molar refractivity (Wildman–Crippen MR) is 75.6 cm³/mol. The highest BCUT2D eigenvalue weighted by Crippen LogP contribution is 2.18. The molecule has 0 unspecified atom stereocenters. The van der Waals surface area contributed by atoms with Gasteiger partial charge in [0.25, 0.3) is 0 Å². The van der Waals surface area contributed by atoms with Gasteiger partial charge in [0.05, 0.1) is 0 Å². The number of aromatic nitrogens is 2. The molecule has 0 bridgehead atoms. The number of benzene rings is 1. The van der Waals surface area contributed by atoms with Crippen molar-refractivity contribution in [1.29, 1.82) is 0 Å². The van der Waals surface area contributed by atoms with Crippen molar-refractivity contribution < 1.29 is 0 Å². The average molecular weight is 241 g/mol. The molecule has 0 saturated carbocycles. The number of nitrogens with one attached hydrogen (secondary N) is 1. The van der Waals surface area contributed by atoms with Gasteiger partial charge >= 0.3 is 0 Å². The predicted octanol–water partition coefficient (Wildman–Crippen LogP) is 3.53. The summed E-state index contributed by atoms with van der Waals surface area (Å²) in [6, 6.07) is 12.2. The molecule has 3 heteroatoms. The lowest BCUT2D eigenvalue weighted by Crippen LogP contribution is -2.04. The largest absolute Gasteiger partial charge is 0.370 e. The Labute approximate surface area is 108 Å². The lowest BCUT2D eigenvalue weighted by Gasteiger charge is -2.08. The number of hydrogen-bond donors (Lipinski definition) is 1. The Morgan fingerprint density at radius 3 is 2.50 bits per heavy atom. The summed E-state index contributed by atoms with van der Waals surface area (Å²) in [6.07, 6.45) is 2.08. The molecule has 0 aliphatic heterocycles. The molecule has 0 spiro atoms. The van der Waals surface area contributed by atoms with Crippen molar-refractivity contribution in [2.24, 2.45) is 0 Å². The normalized spacial score (nSPS) is 10.3. The minimum absolute atomic E-state index is 0.803. The van der Waals surface area contributed by atoms with Crippen molar-refractivity contribution >= 4 is 5.82 Å². The first-order valence-electron chi connectivity index (χ1n) is 6.50. The van der Waals surface area contributed by atoms with Gasteiger partial charge in [0.15, 0.2) is 5.82 Å². The number of nitrogens with zero attached hydrogens (tertiary/aromatic N) is 2. The second kappa shape index (κ2) is 6.15. The van der Waals surface area contributed by atoms with Gasteiger partial charge in [-0.25, -0.2) is 9.97 Å². The smallest absolute Gasteiger partial charge is 0.161 e. The van der Waals surface area contributed by atoms with Gasteiger partial charge in [0.2, 0.25) is 0 Å². The summed E-state index contributed by atoms with van der Waals surface area (Å²) in [7, 11) is 0. The maximum atomic E-state index is 4.62. The van der Waals surface area contributed by atoms with E-state index in [-0.39, 0.29) is 0 Å². The second-order valence-corrected chi connectivity index (χ2v) is 4.21. The van der Waals surface area contributed by atoms with Gasteiger partial charge in [0.1, 0.15) is 5.82 Å². The molecule has 0 saturated heterocycles. The van der Waals surface area contributed by atoms with Crippen LogP contribution in [0.5, 0.6) is 0 Å². The summed E-state index contributed by atoms with van der Waals surface area (Å²) < 4.78 is 0. The maximum Gasteiger partial charge on any atom is 0.161 e. The third kappa shape index (κ3) is 3.06. The van der Waals surface area contributed by atoms with Crippen LogP contribution in [0.2, 0.25) is 0 Å². The van der Waals surface area contributed by atoms with Crippen molar-refractivity contribution in [3.05, 3.63) is 42.1 Å². The van der Waals surface area contributed by atoms with E-state index in [1.807, 2.05) is 36.4 Å². The zero-order chi connectivity index (χ0) is 12.8. The lowest BCUT2D eigenvalue weighted by molar-refractivity contribution is 0.875. The molecule has 2 rings (SSSR count). The van der Waals surface area contributed by atoms with Crippen molar-refractivity contribution in [1.82, 2.24) is 9.97 Å². The maximum absolute atomic E-state index is 4.62. The van der Waals surface area contributed by atoms with Crippen molar-refractivity contribution in [3.8, 4) is 11.4 Å². The number of anilines is 1. The molecule has 0 radical (unpaired) electrons. The summed E-state index contributed by atoms with van der Waals surface area (Å²) in [4.78, 5) is 9.18. The first kappa shape index (κ1) is 12.6. The fraction of sp³-hybridized carbons (Fsp3) is 0.333. The van der Waals surface area contributed by atoms with E-state index in [9.17, 15) is 0 Å². The van der Waals surface area contributed by atoms with Gasteiger partial charge < -0.3 is 5.32 Å². The first-order chi connectivity index (χ1) is 8.83. The molecule has 1 N–H and O–H groups in total. The third-order valence-electron chi connectivity index (χ3n) is 2.68. The van der Waals surface area contributed by atoms with E-state index in [2.05, 4.69) is 29.1 Å². The molecule has 0 aliphatic rings. The highest BCUT2D eigenvalue weighted by Gasteiger charge is 2.05. The average Bonchev–Trinajstić information content (AvgIpc) is 2.40. The van der Waals surface area contributed by atoms with Gasteiger partial charge in [-0.15, -0.1) is 0 Å². The molecule has 1 heterocycles. The summed E-state index contributed by atoms with van der Waals surface area (Å²) in [5, 5.41) is 3.27. The SMILES string of the molecule is CCCc1cc(NCC)nc(-c2ccccc2)n1. The Kier molecular flexibility index (Phi) is 4.29. The molecule has 1 aromatic carbocycles. The van der Waals surface area contributed by atoms with Crippen LogP contribution >= 0.6 is 0 Å². The van der Waals surface area contributed by atoms with Gasteiger partial charge in [-0.3, -0.25) is 0 Å². The van der Waals surface area contributed by atoms with Gasteiger partial charge in [-0.2, -0.15) is 0 Å². The quantitative estimate of drug-likeness (QED) is 0.870. The Hall–Kier alpha value is -1.90. The van der Waals surface area contributed by atoms with Crippen LogP contribution in [0.4, 0.5) is 5.82 Å². The molecule has 0 amide bonds. The van der Waals surface area contributed by atoms with Crippen LogP contribution in [0.15, 0.2) is 36.4 Å². The first-order valence-corrected chi connectivity index (χ1v) is 6.50. The van der Waals surface area contributed by atoms with Gasteiger partial charge in [-0.05, 0) is 13.3 Å². The van der Waals surface area contributed by atoms with Crippen LogP contribution in [-0.2, 0) is 6.42 Å². The molecule has 0 fully saturated rings. The minimum atomic E-state index is 0.803. The topological polar surface area (TPSA) is 37.8 Å². The molecular formula is C15H19N3. The molecule has 2 aromatic rings. The number of aryl methyl sites for hydroxylation is 1. The van der Waals surface area contributed by atoms with Crippen LogP contribution in [0, 0.1) is 0 Å². The third-order valence-corrected chi connectivity index (χ3v) is 2.68. The number of rotatable bonds is 5. The Balaban J connectivity index is 2.39. The van der Waals surface area contributed by atoms with Crippen LogP contribution in [0.1, 0.15) is 26.0 Å². The van der Waals surface area contributed by atoms with Crippen molar-refractivity contribution in [2.45, 2.75) is 26.7 Å². The molecule has 1 aromatic heterocycles. The summed E-state index contributed by atoms with van der Waals surface area (Å²) in [6.45, 7) is 5.11. The minimum Gasteiger partial charge on any atom is -0.370 e. The van der Waals surface area contributed by atoms with Crippen LogP contribution in [0.3, 0.4) is 0 Å². The van der Waals surface area contributed by atoms with Crippen LogP contribution in [-0.4, -0.2) is 16.5 Å². The molecule has 94 valence electrons. The van der Waals surface area contributed by atoms with E-state index in [0.717, 1.165) is 42.3 Å². The Bertz CT molecular complexity index is 470. The molecule has 3 nitrogen and oxygen atoms in total. The molecule has 0 aliphatic carbocycles.